The fourth-order valence-corrected chi connectivity index (χ4v) is 5.84. The number of anilines is 1. The van der Waals surface area contributed by atoms with Gasteiger partial charge in [0.05, 0.1) is 26.9 Å². The van der Waals surface area contributed by atoms with Crippen molar-refractivity contribution in [3.05, 3.63) is 112 Å². The van der Waals surface area contributed by atoms with Crippen molar-refractivity contribution in [3.8, 4) is 11.5 Å². The molecule has 3 atom stereocenters. The first kappa shape index (κ1) is 29.4. The summed E-state index contributed by atoms with van der Waals surface area (Å²) in [5.74, 6) is 2.01. The predicted octanol–water partition coefficient (Wildman–Crippen LogP) is 3.86. The third kappa shape index (κ3) is 5.19. The second-order valence-corrected chi connectivity index (χ2v) is 10.8. The summed E-state index contributed by atoms with van der Waals surface area (Å²) in [6.07, 6.45) is -0.784. The molecule has 3 heterocycles. The summed E-state index contributed by atoms with van der Waals surface area (Å²) in [4.78, 5) is 26.4. The number of rotatable bonds is 10. The average Bonchev–Trinajstić information content (AvgIpc) is 3.59. The van der Waals surface area contributed by atoms with Gasteiger partial charge in [-0.25, -0.2) is 19.3 Å². The van der Waals surface area contributed by atoms with Gasteiger partial charge in [-0.2, -0.15) is 0 Å². The van der Waals surface area contributed by atoms with E-state index in [0.717, 1.165) is 16.7 Å². The van der Waals surface area contributed by atoms with Gasteiger partial charge in [0.1, 0.15) is 41.3 Å². The van der Waals surface area contributed by atoms with E-state index in [1.54, 1.807) is 19.1 Å². The summed E-state index contributed by atoms with van der Waals surface area (Å²) in [6, 6.07) is 25.4. The topological polar surface area (TPSA) is 124 Å². The largest absolute Gasteiger partial charge is 0.497 e. The molecule has 2 aromatic heterocycles. The van der Waals surface area contributed by atoms with Crippen LogP contribution in [0.2, 0.25) is 0 Å². The van der Waals surface area contributed by atoms with Crippen LogP contribution in [0.3, 0.4) is 0 Å². The molecule has 1 saturated heterocycles. The Hall–Kier alpha value is -4.71. The Morgan fingerprint density at radius 1 is 0.932 bits per heavy atom. The molecule has 0 aliphatic carbocycles. The summed E-state index contributed by atoms with van der Waals surface area (Å²) >= 11 is 0. The van der Waals surface area contributed by atoms with Crippen molar-refractivity contribution in [2.75, 3.05) is 39.8 Å². The molecule has 5 aromatic rings. The molecule has 0 bridgehead atoms. The van der Waals surface area contributed by atoms with Gasteiger partial charge in [0, 0.05) is 20.5 Å². The number of aromatic amines is 1. The molecule has 3 aromatic carbocycles. The van der Waals surface area contributed by atoms with Gasteiger partial charge in [-0.15, -0.1) is 0 Å². The molecule has 0 saturated carbocycles. The van der Waals surface area contributed by atoms with Crippen LogP contribution in [0.25, 0.3) is 11.2 Å². The van der Waals surface area contributed by atoms with Crippen molar-refractivity contribution in [3.63, 3.8) is 0 Å². The lowest BCUT2D eigenvalue weighted by Crippen LogP contribution is -2.38. The number of methoxy groups -OCH3 is 2. The van der Waals surface area contributed by atoms with Crippen LogP contribution in [0, 0.1) is 0 Å². The third-order valence-electron chi connectivity index (χ3n) is 8.04. The van der Waals surface area contributed by atoms with E-state index in [2.05, 4.69) is 15.0 Å². The van der Waals surface area contributed by atoms with Crippen molar-refractivity contribution in [1.29, 1.82) is 0 Å². The molecular formula is C33H35N5O6. The number of fused-ring (bicyclic) bond motifs is 1. The molecule has 228 valence electrons. The highest BCUT2D eigenvalue weighted by atomic mass is 16.6. The van der Waals surface area contributed by atoms with Gasteiger partial charge in [-0.3, -0.25) is 0 Å². The Bertz CT molecular complexity index is 1720. The van der Waals surface area contributed by atoms with Crippen molar-refractivity contribution in [2.45, 2.75) is 30.5 Å². The highest BCUT2D eigenvalue weighted by Crippen LogP contribution is 2.43. The van der Waals surface area contributed by atoms with Gasteiger partial charge in [0.15, 0.2) is 11.5 Å². The van der Waals surface area contributed by atoms with Crippen molar-refractivity contribution >= 4 is 17.0 Å². The molecule has 44 heavy (non-hydrogen) atoms. The first-order chi connectivity index (χ1) is 21.3. The molecule has 0 spiro atoms. The van der Waals surface area contributed by atoms with Crippen LogP contribution in [0.5, 0.6) is 11.5 Å². The number of ether oxygens (including phenoxy) is 4. The fourth-order valence-electron chi connectivity index (χ4n) is 5.84. The van der Waals surface area contributed by atoms with E-state index in [-0.39, 0.29) is 13.0 Å². The SMILES string of the molecule is COc1ccc(C(OC[C@H]2O[C@@H](n3c(=O)[nH]c4c(N(C)C)ncnc43)C[C@H]2O)(c2ccccc2)c2ccc(OC)cc2)cc1. The molecule has 1 aliphatic heterocycles. The van der Waals surface area contributed by atoms with Gasteiger partial charge in [-0.05, 0) is 41.0 Å². The molecule has 11 nitrogen and oxygen atoms in total. The van der Waals surface area contributed by atoms with E-state index in [4.69, 9.17) is 18.9 Å². The second-order valence-electron chi connectivity index (χ2n) is 10.8. The molecule has 0 unspecified atom stereocenters. The summed E-state index contributed by atoms with van der Waals surface area (Å²) in [7, 11) is 6.93. The van der Waals surface area contributed by atoms with Crippen molar-refractivity contribution in [1.82, 2.24) is 19.5 Å². The van der Waals surface area contributed by atoms with Crippen LogP contribution >= 0.6 is 0 Å². The fraction of sp³-hybridized carbons (Fsp3) is 0.303. The number of hydrogen-bond acceptors (Lipinski definition) is 9. The lowest BCUT2D eigenvalue weighted by atomic mass is 9.80. The second kappa shape index (κ2) is 12.1. The third-order valence-corrected chi connectivity index (χ3v) is 8.04. The Labute approximate surface area is 254 Å². The first-order valence-corrected chi connectivity index (χ1v) is 14.3. The van der Waals surface area contributed by atoms with Crippen LogP contribution < -0.4 is 20.1 Å². The van der Waals surface area contributed by atoms with E-state index >= 15 is 0 Å². The van der Waals surface area contributed by atoms with Crippen LogP contribution in [-0.2, 0) is 15.1 Å². The van der Waals surface area contributed by atoms with Crippen LogP contribution in [0.1, 0.15) is 29.3 Å². The standard InChI is InChI=1S/C33H35N5O6/c1-37(2)30-29-31(35-20-34-30)38(32(40)36-29)28-18-26(39)27(44-28)19-43-33(21-8-6-5-7-9-21,22-10-14-24(41-3)15-11-22)23-12-16-25(42-4)17-13-23/h5-17,20,26-28,39H,18-19H2,1-4H3,(H,36,40)/t26-,27-,28-/m1/s1. The quantitative estimate of drug-likeness (QED) is 0.231. The van der Waals surface area contributed by atoms with Crippen LogP contribution in [0.4, 0.5) is 5.82 Å². The summed E-state index contributed by atoms with van der Waals surface area (Å²) < 4.78 is 25.6. The zero-order valence-corrected chi connectivity index (χ0v) is 25.0. The minimum atomic E-state index is -1.08. The molecule has 1 aliphatic rings. The molecule has 2 N–H and O–H groups in total. The molecule has 0 amide bonds. The number of hydrogen-bond donors (Lipinski definition) is 2. The lowest BCUT2D eigenvalue weighted by Gasteiger charge is -2.37. The van der Waals surface area contributed by atoms with Gasteiger partial charge >= 0.3 is 5.69 Å². The predicted molar refractivity (Wildman–Crippen MR) is 165 cm³/mol. The minimum absolute atomic E-state index is 0.0274. The minimum Gasteiger partial charge on any atom is -0.497 e. The number of H-pyrrole nitrogens is 1. The van der Waals surface area contributed by atoms with Gasteiger partial charge in [0.25, 0.3) is 0 Å². The number of nitrogens with one attached hydrogen (secondary N) is 1. The van der Waals surface area contributed by atoms with E-state index in [0.29, 0.717) is 28.5 Å². The molecule has 0 radical (unpaired) electrons. The monoisotopic (exact) mass is 597 g/mol. The zero-order valence-electron chi connectivity index (χ0n) is 25.0. The van der Waals surface area contributed by atoms with Crippen molar-refractivity contribution in [2.24, 2.45) is 0 Å². The van der Waals surface area contributed by atoms with E-state index < -0.39 is 29.7 Å². The highest BCUT2D eigenvalue weighted by Gasteiger charge is 2.42. The van der Waals surface area contributed by atoms with Crippen molar-refractivity contribution < 1.29 is 24.1 Å². The maximum atomic E-state index is 13.1. The zero-order chi connectivity index (χ0) is 30.8. The molecular weight excluding hydrogens is 562 g/mol. The number of nitrogens with zero attached hydrogens (tertiary/aromatic N) is 4. The maximum absolute atomic E-state index is 13.1. The molecule has 6 rings (SSSR count). The number of imidazole rings is 1. The highest BCUT2D eigenvalue weighted by molar-refractivity contribution is 5.83. The molecule has 11 heteroatoms. The van der Waals surface area contributed by atoms with E-state index in [1.165, 1.54) is 10.9 Å². The smallest absolute Gasteiger partial charge is 0.329 e. The normalized spacial score (nSPS) is 18.4. The first-order valence-electron chi connectivity index (χ1n) is 14.3. The van der Waals surface area contributed by atoms with E-state index in [9.17, 15) is 9.90 Å². The summed E-state index contributed by atoms with van der Waals surface area (Å²) in [5.41, 5.74) is 2.05. The van der Waals surface area contributed by atoms with E-state index in [1.807, 2.05) is 93.0 Å². The average molecular weight is 598 g/mol. The van der Waals surface area contributed by atoms with Gasteiger partial charge < -0.3 is 33.9 Å². The van der Waals surface area contributed by atoms with Crippen LogP contribution in [0.15, 0.2) is 90.0 Å². The Kier molecular flexibility index (Phi) is 8.09. The summed E-state index contributed by atoms with van der Waals surface area (Å²) in [5, 5.41) is 11.2. The Morgan fingerprint density at radius 3 is 2.09 bits per heavy atom. The summed E-state index contributed by atoms with van der Waals surface area (Å²) in [6.45, 7) is 0.0274. The number of aliphatic hydroxyl groups is 1. The van der Waals surface area contributed by atoms with Crippen LogP contribution in [-0.4, -0.2) is 71.8 Å². The molecule has 1 fully saturated rings. The lowest BCUT2D eigenvalue weighted by molar-refractivity contribution is -0.0935. The Balaban J connectivity index is 1.37. The number of aliphatic hydroxyl groups excluding tert-OH is 1. The Morgan fingerprint density at radius 2 is 1.52 bits per heavy atom. The van der Waals surface area contributed by atoms with Gasteiger partial charge in [-0.1, -0.05) is 54.6 Å². The number of benzene rings is 3. The maximum Gasteiger partial charge on any atom is 0.329 e. The van der Waals surface area contributed by atoms with Gasteiger partial charge in [0.2, 0.25) is 0 Å². The number of aromatic nitrogens is 4.